The van der Waals surface area contributed by atoms with Gasteiger partial charge >= 0.3 is 0 Å². The topological polar surface area (TPSA) is 119 Å². The van der Waals surface area contributed by atoms with Crippen LogP contribution in [0.3, 0.4) is 0 Å². The molecule has 0 saturated heterocycles. The number of nitrogens with zero attached hydrogens (tertiary/aromatic N) is 1. The maximum absolute atomic E-state index is 12.0. The highest BCUT2D eigenvalue weighted by Crippen LogP contribution is 2.20. The van der Waals surface area contributed by atoms with Gasteiger partial charge in [-0.25, -0.2) is 8.42 Å². The van der Waals surface area contributed by atoms with Gasteiger partial charge in [0.15, 0.2) is 9.84 Å². The third kappa shape index (κ3) is 4.33. The number of hydrogen-bond acceptors (Lipinski definition) is 5. The second-order valence-corrected chi connectivity index (χ2v) is 6.98. The van der Waals surface area contributed by atoms with E-state index in [2.05, 4.69) is 0 Å². The van der Waals surface area contributed by atoms with Crippen LogP contribution in [0.1, 0.15) is 42.3 Å². The molecule has 0 radical (unpaired) electrons. The highest BCUT2D eigenvalue weighted by molar-refractivity contribution is 7.91. The Bertz CT molecular complexity index is 705. The molecule has 3 N–H and O–H groups in total. The Morgan fingerprint density at radius 2 is 1.73 bits per heavy atom. The van der Waals surface area contributed by atoms with Gasteiger partial charge in [-0.1, -0.05) is 20.8 Å². The van der Waals surface area contributed by atoms with Crippen molar-refractivity contribution >= 4 is 15.7 Å². The average Bonchev–Trinajstić information content (AvgIpc) is 2.46. The highest BCUT2D eigenvalue weighted by atomic mass is 32.2. The lowest BCUT2D eigenvalue weighted by molar-refractivity contribution is 0.0995. The van der Waals surface area contributed by atoms with Gasteiger partial charge < -0.3 is 10.8 Å². The van der Waals surface area contributed by atoms with Crippen molar-refractivity contribution in [2.24, 2.45) is 5.73 Å². The van der Waals surface area contributed by atoms with E-state index in [0.29, 0.717) is 5.56 Å². The van der Waals surface area contributed by atoms with Crippen LogP contribution in [0.5, 0.6) is 5.88 Å². The lowest BCUT2D eigenvalue weighted by atomic mass is 10.1. The van der Waals surface area contributed by atoms with Crippen molar-refractivity contribution in [1.29, 1.82) is 0 Å². The Morgan fingerprint density at radius 3 is 2.14 bits per heavy atom. The van der Waals surface area contributed by atoms with Gasteiger partial charge in [-0.3, -0.25) is 14.2 Å². The first kappa shape index (κ1) is 20.2. The van der Waals surface area contributed by atoms with Crippen molar-refractivity contribution in [2.75, 3.05) is 11.5 Å². The largest absolute Gasteiger partial charge is 0.494 e. The molecule has 1 amide bonds. The molecule has 126 valence electrons. The molecule has 0 aliphatic heterocycles. The van der Waals surface area contributed by atoms with Crippen molar-refractivity contribution in [3.8, 4) is 5.88 Å². The minimum absolute atomic E-state index is 0.0595. The van der Waals surface area contributed by atoms with E-state index in [4.69, 9.17) is 5.73 Å². The number of rotatable bonds is 5. The molecule has 7 nitrogen and oxygen atoms in total. The lowest BCUT2D eigenvalue weighted by Crippen LogP contribution is -2.30. The summed E-state index contributed by atoms with van der Waals surface area (Å²) in [4.78, 5) is 23.4. The number of pyridine rings is 1. The molecule has 0 aliphatic carbocycles. The summed E-state index contributed by atoms with van der Waals surface area (Å²) in [6.07, 6.45) is 0. The van der Waals surface area contributed by atoms with Crippen molar-refractivity contribution < 1.29 is 18.3 Å². The predicted molar refractivity (Wildman–Crippen MR) is 86.0 cm³/mol. The van der Waals surface area contributed by atoms with Crippen LogP contribution in [0.4, 0.5) is 0 Å². The quantitative estimate of drug-likeness (QED) is 0.823. The van der Waals surface area contributed by atoms with Crippen LogP contribution in [0.15, 0.2) is 4.79 Å². The highest BCUT2D eigenvalue weighted by Gasteiger charge is 2.21. The second kappa shape index (κ2) is 7.98. The number of carbonyl (C=O) groups excluding carboxylic acids is 1. The second-order valence-electron chi connectivity index (χ2n) is 4.51. The number of aromatic nitrogens is 1. The standard InChI is InChI=1S/C12H18N2O5S.C2H6/c1-4-20(18,19)6-5-14-11(16)8(3)7(2)9(10(13)15)12(14)17;1-2/h17H,4-6H2,1-3H3,(H2,13,15);1-2H3. The first-order valence-electron chi connectivity index (χ1n) is 7.05. The van der Waals surface area contributed by atoms with Crippen LogP contribution >= 0.6 is 0 Å². The number of aromatic hydroxyl groups is 1. The first-order valence-corrected chi connectivity index (χ1v) is 8.87. The van der Waals surface area contributed by atoms with E-state index >= 15 is 0 Å². The normalized spacial score (nSPS) is 10.8. The van der Waals surface area contributed by atoms with Gasteiger partial charge in [-0.05, 0) is 19.4 Å². The van der Waals surface area contributed by atoms with Crippen LogP contribution in [0, 0.1) is 13.8 Å². The third-order valence-corrected chi connectivity index (χ3v) is 4.98. The van der Waals surface area contributed by atoms with Gasteiger partial charge in [-0.2, -0.15) is 0 Å². The van der Waals surface area contributed by atoms with Crippen molar-refractivity contribution in [2.45, 2.75) is 41.2 Å². The molecule has 1 aromatic heterocycles. The maximum Gasteiger partial charge on any atom is 0.256 e. The van der Waals surface area contributed by atoms with Crippen LogP contribution in [0.25, 0.3) is 0 Å². The molecule has 0 unspecified atom stereocenters. The van der Waals surface area contributed by atoms with E-state index < -0.39 is 27.2 Å². The van der Waals surface area contributed by atoms with Crippen LogP contribution < -0.4 is 11.3 Å². The molecule has 0 saturated carbocycles. The van der Waals surface area contributed by atoms with Gasteiger partial charge in [0.05, 0.1) is 5.75 Å². The van der Waals surface area contributed by atoms with Gasteiger partial charge in [0, 0.05) is 17.9 Å². The smallest absolute Gasteiger partial charge is 0.256 e. The van der Waals surface area contributed by atoms with Crippen molar-refractivity contribution in [1.82, 2.24) is 4.57 Å². The minimum atomic E-state index is -3.29. The Kier molecular flexibility index (Phi) is 7.31. The predicted octanol–water partition coefficient (Wildman–Crippen LogP) is 0.731. The Labute approximate surface area is 130 Å². The number of amides is 1. The zero-order valence-corrected chi connectivity index (χ0v) is 14.5. The molecule has 1 aromatic rings. The van der Waals surface area contributed by atoms with Gasteiger partial charge in [-0.15, -0.1) is 0 Å². The summed E-state index contributed by atoms with van der Waals surface area (Å²) in [5.41, 5.74) is 5.05. The molecule has 22 heavy (non-hydrogen) atoms. The van der Waals surface area contributed by atoms with Crippen LogP contribution in [-0.2, 0) is 16.4 Å². The van der Waals surface area contributed by atoms with E-state index in [1.54, 1.807) is 0 Å². The number of carbonyl (C=O) groups is 1. The zero-order chi connectivity index (χ0) is 17.7. The molecule has 0 spiro atoms. The Balaban J connectivity index is 0.00000211. The number of nitrogens with two attached hydrogens (primary N) is 1. The fourth-order valence-corrected chi connectivity index (χ4v) is 2.58. The summed E-state index contributed by atoms with van der Waals surface area (Å²) in [6, 6.07) is 0. The molecule has 0 atom stereocenters. The molecule has 0 aromatic carbocycles. The van der Waals surface area contributed by atoms with E-state index in [0.717, 1.165) is 4.57 Å². The van der Waals surface area contributed by atoms with Crippen molar-refractivity contribution in [3.05, 3.63) is 27.0 Å². The summed E-state index contributed by atoms with van der Waals surface area (Å²) in [7, 11) is -3.29. The molecular formula is C14H24N2O5S. The zero-order valence-electron chi connectivity index (χ0n) is 13.6. The van der Waals surface area contributed by atoms with E-state index in [1.165, 1.54) is 20.8 Å². The summed E-state index contributed by atoms with van der Waals surface area (Å²) in [5, 5.41) is 9.98. The summed E-state index contributed by atoms with van der Waals surface area (Å²) >= 11 is 0. The monoisotopic (exact) mass is 332 g/mol. The Hall–Kier alpha value is -1.83. The van der Waals surface area contributed by atoms with Gasteiger partial charge in [0.1, 0.15) is 5.56 Å². The third-order valence-electron chi connectivity index (χ3n) is 3.29. The summed E-state index contributed by atoms with van der Waals surface area (Å²) in [6.45, 7) is 8.27. The van der Waals surface area contributed by atoms with Crippen LogP contribution in [0.2, 0.25) is 0 Å². The number of hydrogen-bond donors (Lipinski definition) is 2. The molecule has 0 aliphatic rings. The lowest BCUT2D eigenvalue weighted by Gasteiger charge is -2.15. The van der Waals surface area contributed by atoms with Gasteiger partial charge in [0.25, 0.3) is 11.5 Å². The SMILES string of the molecule is CC.CCS(=O)(=O)CCn1c(O)c(C(N)=O)c(C)c(C)c1=O. The average molecular weight is 332 g/mol. The summed E-state index contributed by atoms with van der Waals surface area (Å²) in [5.74, 6) is -1.81. The molecule has 0 fully saturated rings. The fraction of sp³-hybridized carbons (Fsp3) is 0.571. The van der Waals surface area contributed by atoms with Crippen molar-refractivity contribution in [3.63, 3.8) is 0 Å². The van der Waals surface area contributed by atoms with Gasteiger partial charge in [0.2, 0.25) is 5.88 Å². The summed E-state index contributed by atoms with van der Waals surface area (Å²) < 4.78 is 23.8. The maximum atomic E-state index is 12.0. The molecule has 0 bridgehead atoms. The minimum Gasteiger partial charge on any atom is -0.494 e. The Morgan fingerprint density at radius 1 is 1.23 bits per heavy atom. The molecule has 8 heteroatoms. The van der Waals surface area contributed by atoms with Crippen LogP contribution in [-0.4, -0.2) is 35.5 Å². The molecule has 1 heterocycles. The number of sulfone groups is 1. The van der Waals surface area contributed by atoms with E-state index in [-0.39, 0.29) is 29.2 Å². The number of primary amides is 1. The molecular weight excluding hydrogens is 308 g/mol. The fourth-order valence-electron chi connectivity index (χ4n) is 1.83. The van der Waals surface area contributed by atoms with E-state index in [1.807, 2.05) is 13.8 Å². The first-order chi connectivity index (χ1) is 10.1. The molecule has 1 rings (SSSR count). The van der Waals surface area contributed by atoms with E-state index in [9.17, 15) is 23.1 Å².